The van der Waals surface area contributed by atoms with Crippen molar-refractivity contribution in [2.75, 3.05) is 0 Å². The summed E-state index contributed by atoms with van der Waals surface area (Å²) in [6.45, 7) is 17.1. The quantitative estimate of drug-likeness (QED) is 0.0834. The number of rotatable bonds is 5. The molecule has 0 aliphatic rings. The molecule has 0 saturated heterocycles. The summed E-state index contributed by atoms with van der Waals surface area (Å²) in [6.07, 6.45) is 1.80. The number of aryl methyl sites for hydroxylation is 2. The van der Waals surface area contributed by atoms with Crippen LogP contribution in [0, 0.1) is 21.3 Å². The first-order valence-corrected chi connectivity index (χ1v) is 16.6. The van der Waals surface area contributed by atoms with Gasteiger partial charge in [0, 0.05) is 37.8 Å². The van der Waals surface area contributed by atoms with Crippen LogP contribution in [0.1, 0.15) is 69.4 Å². The van der Waals surface area contributed by atoms with E-state index in [2.05, 4.69) is 171 Å². The van der Waals surface area contributed by atoms with Crippen molar-refractivity contribution in [3.8, 4) is 5.75 Å². The zero-order chi connectivity index (χ0) is 31.9. The van der Waals surface area contributed by atoms with E-state index in [0.717, 1.165) is 27.9 Å². The maximum Gasteiger partial charge on any atom is 0.128 e. The Kier molecular flexibility index (Phi) is 14.4. The predicted molar refractivity (Wildman–Crippen MR) is 200 cm³/mol. The number of hydrogen-bond donors (Lipinski definition) is 1. The van der Waals surface area contributed by atoms with E-state index in [1.165, 1.54) is 21.5 Å². The molecule has 0 unspecified atom stereocenters. The van der Waals surface area contributed by atoms with Gasteiger partial charge in [0.05, 0.1) is 5.69 Å². The summed E-state index contributed by atoms with van der Waals surface area (Å²) in [5, 5.41) is 15.0. The topological polar surface area (TPSA) is 32.6 Å². The van der Waals surface area contributed by atoms with E-state index in [9.17, 15) is 5.11 Å². The van der Waals surface area contributed by atoms with Gasteiger partial charge in [-0.15, -0.1) is 0 Å². The molecule has 0 saturated carbocycles. The van der Waals surface area contributed by atoms with E-state index < -0.39 is 7.92 Å². The maximum absolute atomic E-state index is 10.8. The minimum atomic E-state index is -0.446. The number of aromatic hydroxyl groups is 1. The van der Waals surface area contributed by atoms with Crippen LogP contribution < -0.4 is 15.9 Å². The first-order valence-electron chi connectivity index (χ1n) is 15.3. The fraction of sp³-hybridized carbons (Fsp3) is 0.238. The van der Waals surface area contributed by atoms with Gasteiger partial charge in [0.1, 0.15) is 5.75 Å². The van der Waals surface area contributed by atoms with Crippen LogP contribution in [0.2, 0.25) is 0 Å². The SMILES string of the molecule is Cc1cccc(C)c1N=Cc1cc(C(C)(C)C)cc(C(C)(C)C)c1O.[CH3-].[Pd].c1ccc(P(c2ccccc2)c2ccccc2)cc1. The molecule has 2 nitrogen and oxygen atoms in total. The van der Waals surface area contributed by atoms with E-state index in [0.29, 0.717) is 5.75 Å². The number of hydrogen-bond acceptors (Lipinski definition) is 2. The molecule has 0 amide bonds. The molecule has 0 aliphatic carbocycles. The van der Waals surface area contributed by atoms with Gasteiger partial charge >= 0.3 is 0 Å². The third kappa shape index (κ3) is 10.1. The van der Waals surface area contributed by atoms with E-state index in [4.69, 9.17) is 4.99 Å². The van der Waals surface area contributed by atoms with Gasteiger partial charge < -0.3 is 12.5 Å². The van der Waals surface area contributed by atoms with Gasteiger partial charge in [-0.1, -0.05) is 157 Å². The first kappa shape index (κ1) is 38.8. The molecule has 0 heterocycles. The van der Waals surface area contributed by atoms with E-state index >= 15 is 0 Å². The molecule has 5 aromatic carbocycles. The molecule has 0 fully saturated rings. The smallest absolute Gasteiger partial charge is 0.128 e. The Bertz CT molecular complexity index is 1570. The van der Waals surface area contributed by atoms with Crippen LogP contribution in [-0.4, -0.2) is 11.3 Å². The largest absolute Gasteiger partial charge is 0.507 e. The number of para-hydroxylation sites is 1. The summed E-state index contributed by atoms with van der Waals surface area (Å²) in [7, 11) is -0.446. The molecule has 0 spiro atoms. The van der Waals surface area contributed by atoms with Crippen molar-refractivity contribution in [3.63, 3.8) is 0 Å². The van der Waals surface area contributed by atoms with Crippen molar-refractivity contribution in [3.05, 3.63) is 157 Å². The molecule has 0 atom stereocenters. The van der Waals surface area contributed by atoms with Crippen molar-refractivity contribution in [1.29, 1.82) is 0 Å². The molecule has 1 N–H and O–H groups in total. The van der Waals surface area contributed by atoms with E-state index in [1.807, 2.05) is 6.07 Å². The minimum absolute atomic E-state index is 0. The first-order chi connectivity index (χ1) is 20.9. The fourth-order valence-corrected chi connectivity index (χ4v) is 7.39. The number of nitrogens with zero attached hydrogens (tertiary/aromatic N) is 1. The van der Waals surface area contributed by atoms with Crippen LogP contribution in [0.5, 0.6) is 5.75 Å². The van der Waals surface area contributed by atoms with Gasteiger partial charge in [-0.05, 0) is 71.3 Å². The number of aliphatic imine (C=N–C) groups is 1. The average Bonchev–Trinajstić information content (AvgIpc) is 2.99. The molecule has 4 heteroatoms. The summed E-state index contributed by atoms with van der Waals surface area (Å²) in [4.78, 5) is 4.70. The Labute approximate surface area is 293 Å². The van der Waals surface area contributed by atoms with Crippen molar-refractivity contribution >= 4 is 35.7 Å². The van der Waals surface area contributed by atoms with E-state index in [1.54, 1.807) is 6.21 Å². The molecule has 5 aromatic rings. The van der Waals surface area contributed by atoms with Crippen molar-refractivity contribution < 1.29 is 25.5 Å². The summed E-state index contributed by atoms with van der Waals surface area (Å²) in [6, 6.07) is 42.7. The van der Waals surface area contributed by atoms with Crippen LogP contribution in [0.3, 0.4) is 0 Å². The zero-order valence-corrected chi connectivity index (χ0v) is 31.2. The van der Waals surface area contributed by atoms with Crippen LogP contribution in [0.4, 0.5) is 5.69 Å². The van der Waals surface area contributed by atoms with E-state index in [-0.39, 0.29) is 38.7 Å². The Hall–Kier alpha value is -3.34. The second kappa shape index (κ2) is 17.0. The van der Waals surface area contributed by atoms with Crippen molar-refractivity contribution in [2.24, 2.45) is 4.99 Å². The third-order valence-electron chi connectivity index (χ3n) is 7.63. The van der Waals surface area contributed by atoms with Crippen LogP contribution in [-0.2, 0) is 31.3 Å². The Morgan fingerprint density at radius 3 is 1.37 bits per heavy atom. The Morgan fingerprint density at radius 2 is 1.00 bits per heavy atom. The minimum Gasteiger partial charge on any atom is -0.507 e. The molecule has 0 radical (unpaired) electrons. The predicted octanol–water partition coefficient (Wildman–Crippen LogP) is 10.2. The van der Waals surface area contributed by atoms with Gasteiger partial charge in [-0.25, -0.2) is 0 Å². The molecule has 0 aliphatic heterocycles. The number of phenolic OH excluding ortho intramolecular Hbond substituents is 1. The molecule has 5 rings (SSSR count). The second-order valence-electron chi connectivity index (χ2n) is 13.3. The Balaban J connectivity index is 0.000000316. The van der Waals surface area contributed by atoms with Gasteiger partial charge in [0.2, 0.25) is 0 Å². The zero-order valence-electron chi connectivity index (χ0n) is 28.8. The number of benzene rings is 5. The summed E-state index contributed by atoms with van der Waals surface area (Å²) < 4.78 is 0. The van der Waals surface area contributed by atoms with Gasteiger partial charge in [-0.2, -0.15) is 0 Å². The summed E-state index contributed by atoms with van der Waals surface area (Å²) >= 11 is 0. The fourth-order valence-electron chi connectivity index (χ4n) is 5.08. The van der Waals surface area contributed by atoms with Crippen LogP contribution >= 0.6 is 7.92 Å². The van der Waals surface area contributed by atoms with Gasteiger partial charge in [0.15, 0.2) is 0 Å². The van der Waals surface area contributed by atoms with Crippen LogP contribution in [0.25, 0.3) is 0 Å². The monoisotopic (exact) mass is 720 g/mol. The normalized spacial score (nSPS) is 11.3. The third-order valence-corrected chi connectivity index (χ3v) is 10.1. The molecular weight excluding hydrogens is 672 g/mol. The molecule has 244 valence electrons. The van der Waals surface area contributed by atoms with Gasteiger partial charge in [-0.3, -0.25) is 4.99 Å². The van der Waals surface area contributed by atoms with Crippen LogP contribution in [0.15, 0.2) is 126 Å². The summed E-state index contributed by atoms with van der Waals surface area (Å²) in [5.74, 6) is 0.329. The standard InChI is InChI=1S/C23H31NO.C18H15P.CH3.Pd/c1-15-10-9-11-16(2)20(15)24-14-17-12-18(22(3,4)5)13-19(21(17)25)23(6,7)8;1-4-10-16(11-5-1)19(17-12-6-2-7-13-17)18-14-8-3-9-15-18;;/h9-14,25H,1-8H3;1-15H;1H3;/q;;-1;. The van der Waals surface area contributed by atoms with Crippen molar-refractivity contribution in [2.45, 2.75) is 66.2 Å². The Morgan fingerprint density at radius 1 is 0.587 bits per heavy atom. The summed E-state index contributed by atoms with van der Waals surface area (Å²) in [5.41, 5.74) is 6.07. The molecule has 0 bridgehead atoms. The van der Waals surface area contributed by atoms with Crippen molar-refractivity contribution in [1.82, 2.24) is 0 Å². The second-order valence-corrected chi connectivity index (χ2v) is 15.5. The molecular formula is C42H49NOPPd-. The number of phenols is 1. The molecule has 46 heavy (non-hydrogen) atoms. The maximum atomic E-state index is 10.8. The molecule has 0 aromatic heterocycles. The van der Waals surface area contributed by atoms with Gasteiger partial charge in [0.25, 0.3) is 0 Å². The average molecular weight is 721 g/mol.